The number of hydrogen-bond acceptors (Lipinski definition) is 14. The highest BCUT2D eigenvalue weighted by Crippen LogP contribution is 2.43. The number of unbranched alkanes of at least 4 members (excludes halogenated alkanes) is 1. The Morgan fingerprint density at radius 1 is 0.905 bits per heavy atom. The largest absolute Gasteiger partial charge is 0.487 e. The van der Waals surface area contributed by atoms with Gasteiger partial charge >= 0.3 is 6.03 Å². The van der Waals surface area contributed by atoms with Gasteiger partial charge in [-0.2, -0.15) is 11.8 Å². The van der Waals surface area contributed by atoms with Gasteiger partial charge in [-0.15, -0.1) is 16.4 Å². The van der Waals surface area contributed by atoms with Crippen molar-refractivity contribution in [2.24, 2.45) is 0 Å². The zero-order valence-corrected chi connectivity index (χ0v) is 37.5. The Morgan fingerprint density at radius 2 is 1.67 bits per heavy atom. The van der Waals surface area contributed by atoms with Crippen LogP contribution in [-0.4, -0.2) is 142 Å². The molecule has 0 spiro atoms. The van der Waals surface area contributed by atoms with Gasteiger partial charge in [-0.05, 0) is 54.8 Å². The number of carbonyl (C=O) groups excluding carboxylic acids is 3. The maximum atomic E-state index is 13.5. The molecule has 4 aromatic rings. The number of urea groups is 1. The molecule has 63 heavy (non-hydrogen) atoms. The van der Waals surface area contributed by atoms with Crippen LogP contribution < -0.4 is 25.6 Å². The number of ether oxygens (including phenoxy) is 4. The molecule has 0 bridgehead atoms. The molecular formula is C43H54N8O9S3. The van der Waals surface area contributed by atoms with Gasteiger partial charge in [0.25, 0.3) is 5.91 Å². The molecule has 3 fully saturated rings. The van der Waals surface area contributed by atoms with Crippen molar-refractivity contribution < 1.29 is 41.7 Å². The molecular weight excluding hydrogens is 869 g/mol. The lowest BCUT2D eigenvalue weighted by Gasteiger charge is -2.36. The maximum absolute atomic E-state index is 13.5. The molecule has 0 radical (unpaired) electrons. The molecule has 3 N–H and O–H groups in total. The van der Waals surface area contributed by atoms with Crippen molar-refractivity contribution in [3.8, 4) is 16.2 Å². The molecule has 4 aliphatic heterocycles. The van der Waals surface area contributed by atoms with Gasteiger partial charge in [0.1, 0.15) is 18.1 Å². The van der Waals surface area contributed by atoms with Gasteiger partial charge in [-0.25, -0.2) is 17.9 Å². The summed E-state index contributed by atoms with van der Waals surface area (Å²) in [4.78, 5) is 43.0. The van der Waals surface area contributed by atoms with Gasteiger partial charge in [-0.1, -0.05) is 29.8 Å². The summed E-state index contributed by atoms with van der Waals surface area (Å²) in [5.74, 6) is 1.55. The summed E-state index contributed by atoms with van der Waals surface area (Å²) < 4.78 is 50.2. The first kappa shape index (κ1) is 44.9. The number of carbonyl (C=O) groups is 3. The Morgan fingerprint density at radius 3 is 2.48 bits per heavy atom. The predicted octanol–water partition coefficient (Wildman–Crippen LogP) is 3.73. The fourth-order valence-corrected chi connectivity index (χ4v) is 12.6. The minimum Gasteiger partial charge on any atom is -0.487 e. The lowest BCUT2D eigenvalue weighted by atomic mass is 10.0. The van der Waals surface area contributed by atoms with Crippen LogP contribution >= 0.6 is 23.1 Å². The Bertz CT molecular complexity index is 2300. The summed E-state index contributed by atoms with van der Waals surface area (Å²) in [5, 5.41) is 17.7. The second-order valence-corrected chi connectivity index (χ2v) is 20.1. The van der Waals surface area contributed by atoms with Gasteiger partial charge in [0.15, 0.2) is 9.84 Å². The highest BCUT2D eigenvalue weighted by Gasteiger charge is 2.42. The molecule has 338 valence electrons. The quantitative estimate of drug-likeness (QED) is 0.0764. The number of anilines is 1. The first-order chi connectivity index (χ1) is 30.7. The van der Waals surface area contributed by atoms with Crippen molar-refractivity contribution in [2.45, 2.75) is 66.8 Å². The summed E-state index contributed by atoms with van der Waals surface area (Å²) in [7, 11) is -3.43. The van der Waals surface area contributed by atoms with E-state index in [1.54, 1.807) is 22.9 Å². The zero-order valence-electron chi connectivity index (χ0n) is 35.1. The summed E-state index contributed by atoms with van der Waals surface area (Å²) in [6.45, 7) is 6.42. The second kappa shape index (κ2) is 21.3. The van der Waals surface area contributed by atoms with Gasteiger partial charge in [0, 0.05) is 66.3 Å². The number of thioether (sulfide) groups is 1. The van der Waals surface area contributed by atoms with Crippen LogP contribution in [0.2, 0.25) is 0 Å². The molecule has 2 aromatic carbocycles. The van der Waals surface area contributed by atoms with Crippen molar-refractivity contribution >= 4 is 56.5 Å². The Labute approximate surface area is 375 Å². The maximum Gasteiger partial charge on any atom is 0.315 e. The first-order valence-electron chi connectivity index (χ1n) is 21.5. The number of hydrogen-bond donors (Lipinski definition) is 3. The molecule has 2 aromatic heterocycles. The zero-order chi connectivity index (χ0) is 43.6. The van der Waals surface area contributed by atoms with Gasteiger partial charge in [0.2, 0.25) is 5.91 Å². The van der Waals surface area contributed by atoms with E-state index < -0.39 is 9.84 Å². The van der Waals surface area contributed by atoms with E-state index in [9.17, 15) is 22.8 Å². The smallest absolute Gasteiger partial charge is 0.315 e. The fraction of sp³-hybridized carbons (Fsp3) is 0.512. The summed E-state index contributed by atoms with van der Waals surface area (Å²) in [6.07, 6.45) is 5.12. The van der Waals surface area contributed by atoms with E-state index in [1.807, 2.05) is 59.3 Å². The Kier molecular flexibility index (Phi) is 15.2. The molecule has 6 heterocycles. The van der Waals surface area contributed by atoms with E-state index in [0.29, 0.717) is 123 Å². The molecule has 4 amide bonds. The Hall–Kier alpha value is -4.73. The van der Waals surface area contributed by atoms with Crippen LogP contribution in [0.15, 0.2) is 65.7 Å². The molecule has 8 rings (SSSR count). The van der Waals surface area contributed by atoms with E-state index in [1.165, 1.54) is 11.3 Å². The number of rotatable bonds is 22. The number of aromatic nitrogens is 3. The van der Waals surface area contributed by atoms with Crippen LogP contribution in [0.3, 0.4) is 0 Å². The fourth-order valence-electron chi connectivity index (χ4n) is 8.15. The predicted molar refractivity (Wildman–Crippen MR) is 239 cm³/mol. The number of nitrogens with one attached hydrogen (secondary N) is 3. The van der Waals surface area contributed by atoms with Crippen molar-refractivity contribution in [1.29, 1.82) is 0 Å². The van der Waals surface area contributed by atoms with Crippen LogP contribution in [0.5, 0.6) is 5.75 Å². The van der Waals surface area contributed by atoms with Crippen LogP contribution in [0, 0.1) is 0 Å². The first-order valence-corrected chi connectivity index (χ1v) is 25.0. The molecule has 0 saturated carbocycles. The normalized spacial score (nSPS) is 19.8. The van der Waals surface area contributed by atoms with Gasteiger partial charge < -0.3 is 44.7 Å². The van der Waals surface area contributed by atoms with Crippen LogP contribution in [0.25, 0.3) is 10.4 Å². The Balaban J connectivity index is 0.629. The highest BCUT2D eigenvalue weighted by molar-refractivity contribution is 8.00. The van der Waals surface area contributed by atoms with E-state index in [-0.39, 0.29) is 42.3 Å². The summed E-state index contributed by atoms with van der Waals surface area (Å²) in [5.41, 5.74) is 3.12. The molecule has 20 heteroatoms. The average molecular weight is 923 g/mol. The number of nitrogens with zero attached hydrogens (tertiary/aromatic N) is 5. The van der Waals surface area contributed by atoms with Crippen molar-refractivity contribution in [3.05, 3.63) is 76.9 Å². The molecule has 17 nitrogen and oxygen atoms in total. The number of fused-ring (bicyclic) bond motifs is 4. The van der Waals surface area contributed by atoms with Crippen molar-refractivity contribution in [3.63, 3.8) is 0 Å². The standard InChI is InChI=1S/C43H54N8O9S3/c52-39(8-4-2-6-36-40-35(28-61-36)45-43(54)46-40)44-13-19-57-21-23-59-24-22-58-20-18-51-26-31(47-48-51)27-60-33-11-9-32(10-12-33)49-14-16-50(17-15-49)42(53)37-25-30-29-63(55,56)38-7-3-1-5-34(38)41(30)62-37/h1,3,5,7,9-12,25-26,35-36,40H,2,4,6,8,13-24,27-29H2,(H,44,52)(H2,45,46,54)/t35-,36-,40-/m0/s1. The van der Waals surface area contributed by atoms with E-state index in [2.05, 4.69) is 31.2 Å². The molecule has 0 aliphatic carbocycles. The van der Waals surface area contributed by atoms with E-state index >= 15 is 0 Å². The molecule has 4 aliphatic rings. The minimum absolute atomic E-state index is 0.0317. The van der Waals surface area contributed by atoms with E-state index in [4.69, 9.17) is 18.9 Å². The minimum atomic E-state index is -3.43. The number of piperazine rings is 1. The van der Waals surface area contributed by atoms with Gasteiger partial charge in [0.05, 0.1) is 80.0 Å². The third-order valence-corrected chi connectivity index (χ3v) is 15.9. The van der Waals surface area contributed by atoms with Crippen molar-refractivity contribution in [2.75, 3.05) is 83.0 Å². The van der Waals surface area contributed by atoms with Crippen molar-refractivity contribution in [1.82, 2.24) is 35.8 Å². The lowest BCUT2D eigenvalue weighted by molar-refractivity contribution is -0.121. The molecule has 3 atom stereocenters. The number of thiophene rings is 1. The SMILES string of the molecule is O=C(CCCC[C@@H]1SC[C@@H]2NC(=O)N[C@@H]21)NCCOCCOCCOCCn1cc(COc2ccc(N3CCN(C(=O)c4cc5c(s4)-c4ccccc4S(=O)(=O)C5)CC3)cc2)nn1. The molecule has 0 unspecified atom stereocenters. The third-order valence-electron chi connectivity index (χ3n) is 11.4. The third kappa shape index (κ3) is 11.7. The number of benzene rings is 2. The number of amides is 4. The summed E-state index contributed by atoms with van der Waals surface area (Å²) in [6, 6.07) is 17.0. The van der Waals surface area contributed by atoms with Crippen LogP contribution in [0.4, 0.5) is 10.5 Å². The number of sulfone groups is 1. The second-order valence-electron chi connectivity index (χ2n) is 15.8. The van der Waals surface area contributed by atoms with Crippen LogP contribution in [-0.2, 0) is 47.7 Å². The topological polar surface area (TPSA) is 196 Å². The summed E-state index contributed by atoms with van der Waals surface area (Å²) >= 11 is 3.27. The van der Waals surface area contributed by atoms with Gasteiger partial charge in [-0.3, -0.25) is 9.59 Å². The van der Waals surface area contributed by atoms with Crippen LogP contribution in [0.1, 0.15) is 46.6 Å². The van der Waals surface area contributed by atoms with E-state index in [0.717, 1.165) is 35.6 Å². The highest BCUT2D eigenvalue weighted by atomic mass is 32.2. The average Bonchev–Trinajstić information content (AvgIpc) is 4.10. The molecule has 3 saturated heterocycles. The monoisotopic (exact) mass is 922 g/mol. The lowest BCUT2D eigenvalue weighted by Crippen LogP contribution is -2.48.